The lowest BCUT2D eigenvalue weighted by Crippen LogP contribution is -2.29. The van der Waals surface area contributed by atoms with Gasteiger partial charge in [0.05, 0.1) is 11.5 Å². The van der Waals surface area contributed by atoms with Crippen LogP contribution in [-0.2, 0) is 14.8 Å². The molecular weight excluding hydrogens is 274 g/mol. The van der Waals surface area contributed by atoms with Crippen molar-refractivity contribution >= 4 is 20.8 Å². The van der Waals surface area contributed by atoms with Crippen molar-refractivity contribution < 1.29 is 13.2 Å². The van der Waals surface area contributed by atoms with Crippen molar-refractivity contribution in [2.75, 3.05) is 19.8 Å². The van der Waals surface area contributed by atoms with Gasteiger partial charge in [-0.05, 0) is 23.8 Å². The standard InChI is InChI=1S/C15H17NO3S/c17-20(18,16-10-12-8-9-19-11-12)15-7-3-5-13-4-1-2-6-14(13)15/h1-7,12,16H,8-11H2. The van der Waals surface area contributed by atoms with Crippen LogP contribution in [0.2, 0.25) is 0 Å². The highest BCUT2D eigenvalue weighted by Gasteiger charge is 2.21. The first-order valence-corrected chi connectivity index (χ1v) is 8.20. The highest BCUT2D eigenvalue weighted by Crippen LogP contribution is 2.23. The average Bonchev–Trinajstić information content (AvgIpc) is 2.98. The summed E-state index contributed by atoms with van der Waals surface area (Å²) in [6.45, 7) is 1.80. The molecule has 0 radical (unpaired) electrons. The van der Waals surface area contributed by atoms with Crippen LogP contribution in [0, 0.1) is 5.92 Å². The van der Waals surface area contributed by atoms with Crippen molar-refractivity contribution in [1.29, 1.82) is 0 Å². The Hall–Kier alpha value is -1.43. The number of ether oxygens (including phenoxy) is 1. The Kier molecular flexibility index (Phi) is 3.74. The summed E-state index contributed by atoms with van der Waals surface area (Å²) in [6.07, 6.45) is 0.915. The maximum absolute atomic E-state index is 12.5. The molecule has 4 nitrogen and oxygen atoms in total. The molecule has 2 aromatic rings. The van der Waals surface area contributed by atoms with E-state index < -0.39 is 10.0 Å². The average molecular weight is 291 g/mol. The first-order chi connectivity index (χ1) is 9.67. The molecule has 1 fully saturated rings. The van der Waals surface area contributed by atoms with E-state index in [-0.39, 0.29) is 5.92 Å². The molecule has 1 unspecified atom stereocenters. The largest absolute Gasteiger partial charge is 0.381 e. The predicted octanol–water partition coefficient (Wildman–Crippen LogP) is 2.15. The Labute approximate surface area is 118 Å². The predicted molar refractivity (Wildman–Crippen MR) is 78.1 cm³/mol. The molecule has 0 aliphatic carbocycles. The lowest BCUT2D eigenvalue weighted by Gasteiger charge is -2.12. The van der Waals surface area contributed by atoms with Gasteiger partial charge in [0.15, 0.2) is 0 Å². The van der Waals surface area contributed by atoms with Crippen molar-refractivity contribution in [3.05, 3.63) is 42.5 Å². The van der Waals surface area contributed by atoms with E-state index >= 15 is 0 Å². The first kappa shape index (κ1) is 13.5. The van der Waals surface area contributed by atoms with Crippen LogP contribution in [0.1, 0.15) is 6.42 Å². The topological polar surface area (TPSA) is 55.4 Å². The molecule has 3 rings (SSSR count). The van der Waals surface area contributed by atoms with E-state index in [2.05, 4.69) is 4.72 Å². The second-order valence-electron chi connectivity index (χ2n) is 5.06. The van der Waals surface area contributed by atoms with Gasteiger partial charge in [0, 0.05) is 18.5 Å². The summed E-state index contributed by atoms with van der Waals surface area (Å²) in [6, 6.07) is 12.8. The van der Waals surface area contributed by atoms with Crippen LogP contribution in [-0.4, -0.2) is 28.2 Å². The highest BCUT2D eigenvalue weighted by molar-refractivity contribution is 7.89. The van der Waals surface area contributed by atoms with Gasteiger partial charge in [0.2, 0.25) is 10.0 Å². The molecular formula is C15H17NO3S. The fourth-order valence-corrected chi connectivity index (χ4v) is 3.82. The molecule has 1 heterocycles. The fourth-order valence-electron chi connectivity index (χ4n) is 2.48. The summed E-state index contributed by atoms with van der Waals surface area (Å²) < 4.78 is 32.9. The maximum atomic E-state index is 12.5. The quantitative estimate of drug-likeness (QED) is 0.939. The number of rotatable bonds is 4. The summed E-state index contributed by atoms with van der Waals surface area (Å²) in [5.74, 6) is 0.278. The summed E-state index contributed by atoms with van der Waals surface area (Å²) in [5.41, 5.74) is 0. The number of nitrogens with one attached hydrogen (secondary N) is 1. The van der Waals surface area contributed by atoms with Crippen LogP contribution in [0.3, 0.4) is 0 Å². The zero-order valence-electron chi connectivity index (χ0n) is 11.1. The minimum atomic E-state index is -3.48. The number of fused-ring (bicyclic) bond motifs is 1. The number of benzene rings is 2. The van der Waals surface area contributed by atoms with Gasteiger partial charge >= 0.3 is 0 Å². The molecule has 20 heavy (non-hydrogen) atoms. The van der Waals surface area contributed by atoms with Gasteiger partial charge in [-0.3, -0.25) is 0 Å². The molecule has 1 aliphatic rings. The molecule has 2 aromatic carbocycles. The van der Waals surface area contributed by atoms with E-state index in [1.165, 1.54) is 0 Å². The molecule has 0 spiro atoms. The van der Waals surface area contributed by atoms with Crippen LogP contribution < -0.4 is 4.72 Å². The molecule has 1 saturated heterocycles. The van der Waals surface area contributed by atoms with E-state index in [4.69, 9.17) is 4.74 Å². The number of hydrogen-bond donors (Lipinski definition) is 1. The first-order valence-electron chi connectivity index (χ1n) is 6.72. The minimum Gasteiger partial charge on any atom is -0.381 e. The van der Waals surface area contributed by atoms with E-state index in [0.29, 0.717) is 18.0 Å². The number of sulfonamides is 1. The van der Waals surface area contributed by atoms with Crippen LogP contribution in [0.4, 0.5) is 0 Å². The SMILES string of the molecule is O=S(=O)(NCC1CCOC1)c1cccc2ccccc12. The summed E-state index contributed by atoms with van der Waals surface area (Å²) in [4.78, 5) is 0.342. The van der Waals surface area contributed by atoms with Crippen molar-refractivity contribution in [2.45, 2.75) is 11.3 Å². The van der Waals surface area contributed by atoms with Crippen LogP contribution in [0.15, 0.2) is 47.4 Å². The molecule has 1 atom stereocenters. The van der Waals surface area contributed by atoms with Crippen LogP contribution in [0.25, 0.3) is 10.8 Å². The Morgan fingerprint density at radius 3 is 2.75 bits per heavy atom. The Morgan fingerprint density at radius 1 is 1.15 bits per heavy atom. The third-order valence-corrected chi connectivity index (χ3v) is 5.11. The van der Waals surface area contributed by atoms with Gasteiger partial charge in [0.1, 0.15) is 0 Å². The normalized spacial score (nSPS) is 19.5. The molecule has 1 N–H and O–H groups in total. The Balaban J connectivity index is 1.88. The van der Waals surface area contributed by atoms with E-state index in [0.717, 1.165) is 23.8 Å². The summed E-state index contributed by atoms with van der Waals surface area (Å²) in [7, 11) is -3.48. The molecule has 5 heteroatoms. The molecule has 1 aliphatic heterocycles. The highest BCUT2D eigenvalue weighted by atomic mass is 32.2. The second kappa shape index (κ2) is 5.52. The van der Waals surface area contributed by atoms with Crippen molar-refractivity contribution in [2.24, 2.45) is 5.92 Å². The van der Waals surface area contributed by atoms with Gasteiger partial charge in [-0.25, -0.2) is 13.1 Å². The van der Waals surface area contributed by atoms with Crippen LogP contribution >= 0.6 is 0 Å². The summed E-state index contributed by atoms with van der Waals surface area (Å²) in [5, 5.41) is 1.68. The lowest BCUT2D eigenvalue weighted by atomic mass is 10.1. The van der Waals surface area contributed by atoms with Gasteiger partial charge in [-0.1, -0.05) is 36.4 Å². The van der Waals surface area contributed by atoms with Crippen molar-refractivity contribution in [3.8, 4) is 0 Å². The van der Waals surface area contributed by atoms with Gasteiger partial charge in [-0.2, -0.15) is 0 Å². The maximum Gasteiger partial charge on any atom is 0.241 e. The third kappa shape index (κ3) is 2.70. The second-order valence-corrected chi connectivity index (χ2v) is 6.79. The zero-order chi connectivity index (χ0) is 14.0. The third-order valence-electron chi connectivity index (χ3n) is 3.63. The zero-order valence-corrected chi connectivity index (χ0v) is 11.9. The van der Waals surface area contributed by atoms with Gasteiger partial charge < -0.3 is 4.74 Å². The van der Waals surface area contributed by atoms with E-state index in [9.17, 15) is 8.42 Å². The van der Waals surface area contributed by atoms with E-state index in [1.54, 1.807) is 12.1 Å². The minimum absolute atomic E-state index is 0.278. The smallest absolute Gasteiger partial charge is 0.241 e. The molecule has 0 saturated carbocycles. The van der Waals surface area contributed by atoms with Gasteiger partial charge in [0.25, 0.3) is 0 Å². The molecule has 0 amide bonds. The van der Waals surface area contributed by atoms with Crippen molar-refractivity contribution in [1.82, 2.24) is 4.72 Å². The van der Waals surface area contributed by atoms with E-state index in [1.807, 2.05) is 30.3 Å². The van der Waals surface area contributed by atoms with Gasteiger partial charge in [-0.15, -0.1) is 0 Å². The van der Waals surface area contributed by atoms with Crippen LogP contribution in [0.5, 0.6) is 0 Å². The summed E-state index contributed by atoms with van der Waals surface area (Å²) >= 11 is 0. The Bertz CT molecular complexity index is 701. The monoisotopic (exact) mass is 291 g/mol. The molecule has 0 aromatic heterocycles. The molecule has 0 bridgehead atoms. The fraction of sp³-hybridized carbons (Fsp3) is 0.333. The lowest BCUT2D eigenvalue weighted by molar-refractivity contribution is 0.186. The van der Waals surface area contributed by atoms with Crippen molar-refractivity contribution in [3.63, 3.8) is 0 Å². The number of hydrogen-bond acceptors (Lipinski definition) is 3. The molecule has 106 valence electrons. The Morgan fingerprint density at radius 2 is 1.95 bits per heavy atom.